The lowest BCUT2D eigenvalue weighted by Gasteiger charge is -2.26. The normalized spacial score (nSPS) is 29.0. The number of ether oxygens (including phenoxy) is 1. The number of carbonyl (C=O) groups is 2. The van der Waals surface area contributed by atoms with E-state index in [-0.39, 0.29) is 18.0 Å². The molecule has 0 heterocycles. The van der Waals surface area contributed by atoms with E-state index < -0.39 is 5.97 Å². The van der Waals surface area contributed by atoms with Gasteiger partial charge in [0.1, 0.15) is 6.10 Å². The molecule has 4 nitrogen and oxygen atoms in total. The summed E-state index contributed by atoms with van der Waals surface area (Å²) < 4.78 is 5.58. The van der Waals surface area contributed by atoms with Crippen molar-refractivity contribution in [2.75, 3.05) is 0 Å². The standard InChI is InChI=1S/C22H32O4/c1-15(2)20-13-12-16(3)8-6-10-19(22(24)25)11-7-9-17(4)14-21(20)26-18(5)23/h8,11,14,20-21H,1,6-7,9-10,12-13H2,2-5H3,(H,24,25)/b16-8+,17-14+,19-11-/t20-,21+/m0/s1. The molecule has 0 amide bonds. The van der Waals surface area contributed by atoms with E-state index >= 15 is 0 Å². The summed E-state index contributed by atoms with van der Waals surface area (Å²) in [7, 11) is 0. The van der Waals surface area contributed by atoms with Crippen molar-refractivity contribution in [1.82, 2.24) is 0 Å². The van der Waals surface area contributed by atoms with Crippen molar-refractivity contribution in [3.8, 4) is 0 Å². The van der Waals surface area contributed by atoms with Gasteiger partial charge >= 0.3 is 11.9 Å². The number of rotatable bonds is 3. The first-order valence-corrected chi connectivity index (χ1v) is 9.28. The molecule has 0 spiro atoms. The van der Waals surface area contributed by atoms with Crippen LogP contribution in [0.25, 0.3) is 0 Å². The van der Waals surface area contributed by atoms with Crippen LogP contribution in [-0.2, 0) is 14.3 Å². The quantitative estimate of drug-likeness (QED) is 0.543. The predicted molar refractivity (Wildman–Crippen MR) is 105 cm³/mol. The van der Waals surface area contributed by atoms with Crippen LogP contribution in [0.2, 0.25) is 0 Å². The second-order valence-electron chi connectivity index (χ2n) is 7.24. The smallest absolute Gasteiger partial charge is 0.331 e. The monoisotopic (exact) mass is 360 g/mol. The molecule has 0 aromatic carbocycles. The van der Waals surface area contributed by atoms with E-state index in [1.54, 1.807) is 0 Å². The summed E-state index contributed by atoms with van der Waals surface area (Å²) in [5.41, 5.74) is 3.79. The molecule has 1 aliphatic carbocycles. The molecule has 144 valence electrons. The van der Waals surface area contributed by atoms with Crippen molar-refractivity contribution in [2.24, 2.45) is 5.92 Å². The highest BCUT2D eigenvalue weighted by Crippen LogP contribution is 2.27. The zero-order chi connectivity index (χ0) is 19.7. The zero-order valence-electron chi connectivity index (χ0n) is 16.5. The fourth-order valence-electron chi connectivity index (χ4n) is 3.21. The Kier molecular flexibility index (Phi) is 9.11. The average Bonchev–Trinajstić information content (AvgIpc) is 2.51. The van der Waals surface area contributed by atoms with E-state index in [1.807, 2.05) is 26.0 Å². The minimum absolute atomic E-state index is 0.0743. The molecule has 0 aliphatic heterocycles. The SMILES string of the molecule is C=C(C)[C@@H]1CC/C(C)=C/CC/C(C(=O)O)=C/CC/C(C)=C/[C@H]1OC(C)=O. The Morgan fingerprint density at radius 1 is 1.08 bits per heavy atom. The van der Waals surface area contributed by atoms with Crippen LogP contribution in [0, 0.1) is 5.92 Å². The maximum absolute atomic E-state index is 11.6. The molecule has 0 saturated heterocycles. The molecule has 1 aliphatic rings. The van der Waals surface area contributed by atoms with Crippen LogP contribution < -0.4 is 0 Å². The first-order chi connectivity index (χ1) is 12.2. The van der Waals surface area contributed by atoms with Crippen LogP contribution in [0.1, 0.15) is 66.2 Å². The molecule has 4 heteroatoms. The first-order valence-electron chi connectivity index (χ1n) is 9.28. The van der Waals surface area contributed by atoms with Crippen LogP contribution in [0.4, 0.5) is 0 Å². The largest absolute Gasteiger partial charge is 0.478 e. The third-order valence-electron chi connectivity index (χ3n) is 4.74. The van der Waals surface area contributed by atoms with Gasteiger partial charge in [0.2, 0.25) is 0 Å². The Balaban J connectivity index is 3.15. The molecule has 0 radical (unpaired) electrons. The van der Waals surface area contributed by atoms with Gasteiger partial charge < -0.3 is 9.84 Å². The van der Waals surface area contributed by atoms with Gasteiger partial charge in [-0.2, -0.15) is 0 Å². The molecule has 0 unspecified atom stereocenters. The van der Waals surface area contributed by atoms with Crippen LogP contribution in [0.3, 0.4) is 0 Å². The van der Waals surface area contributed by atoms with Crippen molar-refractivity contribution >= 4 is 11.9 Å². The maximum atomic E-state index is 11.6. The topological polar surface area (TPSA) is 63.6 Å². The van der Waals surface area contributed by atoms with Crippen LogP contribution in [-0.4, -0.2) is 23.1 Å². The fraction of sp³-hybridized carbons (Fsp3) is 0.545. The molecule has 0 saturated carbocycles. The fourth-order valence-corrected chi connectivity index (χ4v) is 3.21. The van der Waals surface area contributed by atoms with Crippen molar-refractivity contribution < 1.29 is 19.4 Å². The lowest BCUT2D eigenvalue weighted by Crippen LogP contribution is -2.25. The molecule has 2 atom stereocenters. The number of aliphatic carboxylic acids is 1. The van der Waals surface area contributed by atoms with E-state index in [0.29, 0.717) is 18.4 Å². The Hall–Kier alpha value is -2.10. The third-order valence-corrected chi connectivity index (χ3v) is 4.74. The van der Waals surface area contributed by atoms with Crippen LogP contribution in [0.5, 0.6) is 0 Å². The van der Waals surface area contributed by atoms with Crippen molar-refractivity contribution in [3.05, 3.63) is 47.1 Å². The van der Waals surface area contributed by atoms with Gasteiger partial charge in [0.05, 0.1) is 0 Å². The number of carboxylic acids is 1. The molecule has 1 rings (SSSR count). The second-order valence-corrected chi connectivity index (χ2v) is 7.24. The second kappa shape index (κ2) is 10.8. The summed E-state index contributed by atoms with van der Waals surface area (Å²) in [6.45, 7) is 11.6. The van der Waals surface area contributed by atoms with E-state index in [2.05, 4.69) is 19.6 Å². The van der Waals surface area contributed by atoms with E-state index in [0.717, 1.165) is 36.8 Å². The molecular weight excluding hydrogens is 328 g/mol. The summed E-state index contributed by atoms with van der Waals surface area (Å²) in [6.07, 6.45) is 9.99. The third kappa shape index (κ3) is 7.85. The van der Waals surface area contributed by atoms with Gasteiger partial charge in [-0.15, -0.1) is 0 Å². The Morgan fingerprint density at radius 3 is 2.31 bits per heavy atom. The zero-order valence-corrected chi connectivity index (χ0v) is 16.5. The van der Waals surface area contributed by atoms with Gasteiger partial charge in [-0.05, 0) is 65.4 Å². The summed E-state index contributed by atoms with van der Waals surface area (Å²) in [5, 5.41) is 9.34. The average molecular weight is 360 g/mol. The Bertz CT molecular complexity index is 622. The molecule has 0 aromatic heterocycles. The lowest BCUT2D eigenvalue weighted by atomic mass is 9.87. The van der Waals surface area contributed by atoms with E-state index in [1.165, 1.54) is 12.5 Å². The number of esters is 1. The predicted octanol–water partition coefficient (Wildman–Crippen LogP) is 5.37. The van der Waals surface area contributed by atoms with Crippen molar-refractivity contribution in [3.63, 3.8) is 0 Å². The van der Waals surface area contributed by atoms with Gasteiger partial charge in [0.15, 0.2) is 0 Å². The Morgan fingerprint density at radius 2 is 1.73 bits per heavy atom. The number of carbonyl (C=O) groups excluding carboxylic acids is 1. The highest BCUT2D eigenvalue weighted by molar-refractivity contribution is 5.86. The van der Waals surface area contributed by atoms with Crippen molar-refractivity contribution in [1.29, 1.82) is 0 Å². The van der Waals surface area contributed by atoms with E-state index in [4.69, 9.17) is 4.74 Å². The highest BCUT2D eigenvalue weighted by atomic mass is 16.5. The van der Waals surface area contributed by atoms with Gasteiger partial charge in [-0.25, -0.2) is 4.79 Å². The highest BCUT2D eigenvalue weighted by Gasteiger charge is 2.23. The number of hydrogen-bond acceptors (Lipinski definition) is 3. The molecule has 1 N–H and O–H groups in total. The number of hydrogen-bond donors (Lipinski definition) is 1. The lowest BCUT2D eigenvalue weighted by molar-refractivity contribution is -0.145. The minimum Gasteiger partial charge on any atom is -0.478 e. The van der Waals surface area contributed by atoms with Crippen LogP contribution >= 0.6 is 0 Å². The molecule has 0 bridgehead atoms. The van der Waals surface area contributed by atoms with Gasteiger partial charge in [0.25, 0.3) is 0 Å². The Labute approximate surface area is 157 Å². The summed E-state index contributed by atoms with van der Waals surface area (Å²) in [6, 6.07) is 0. The maximum Gasteiger partial charge on any atom is 0.331 e. The molecule has 0 fully saturated rings. The summed E-state index contributed by atoms with van der Waals surface area (Å²) in [4.78, 5) is 23.0. The van der Waals surface area contributed by atoms with Gasteiger partial charge in [0, 0.05) is 18.4 Å². The minimum atomic E-state index is -0.843. The van der Waals surface area contributed by atoms with Crippen molar-refractivity contribution in [2.45, 2.75) is 72.3 Å². The summed E-state index contributed by atoms with van der Waals surface area (Å²) >= 11 is 0. The summed E-state index contributed by atoms with van der Waals surface area (Å²) in [5.74, 6) is -1.07. The number of allylic oxidation sites excluding steroid dienone is 4. The number of carboxylic acid groups (broad SMARTS) is 1. The van der Waals surface area contributed by atoms with Crippen LogP contribution in [0.15, 0.2) is 47.1 Å². The molecule has 26 heavy (non-hydrogen) atoms. The molecular formula is C22H32O4. The van der Waals surface area contributed by atoms with E-state index in [9.17, 15) is 14.7 Å². The molecule has 0 aromatic rings. The first kappa shape index (κ1) is 21.9. The van der Waals surface area contributed by atoms with Gasteiger partial charge in [-0.1, -0.05) is 35.5 Å². The van der Waals surface area contributed by atoms with Gasteiger partial charge in [-0.3, -0.25) is 4.79 Å².